The number of aromatic nitrogens is 1. The van der Waals surface area contributed by atoms with E-state index in [1.165, 1.54) is 12.1 Å². The van der Waals surface area contributed by atoms with Crippen molar-refractivity contribution in [2.24, 2.45) is 0 Å². The molecule has 6 nitrogen and oxygen atoms in total. The van der Waals surface area contributed by atoms with Gasteiger partial charge in [0.2, 0.25) is 0 Å². The number of hydrogen-bond acceptors (Lipinski definition) is 5. The standard InChI is InChI=1S/C9H11ClN2O4S/c1-17(15,16)5-4-11-7-3-2-6(10)8(12-7)9(13)14/h2-3H,4-5H2,1H3,(H,11,12)(H,13,14). The first-order chi connectivity index (χ1) is 7.79. The molecule has 1 heterocycles. The van der Waals surface area contributed by atoms with Crippen LogP contribution >= 0.6 is 11.6 Å². The summed E-state index contributed by atoms with van der Waals surface area (Å²) >= 11 is 5.63. The normalized spacial score (nSPS) is 11.2. The highest BCUT2D eigenvalue weighted by Gasteiger charge is 2.11. The molecule has 0 amide bonds. The number of sulfone groups is 1. The van der Waals surface area contributed by atoms with Crippen molar-refractivity contribution < 1.29 is 18.3 Å². The zero-order valence-corrected chi connectivity index (χ0v) is 10.5. The van der Waals surface area contributed by atoms with Crippen LogP contribution < -0.4 is 5.32 Å². The largest absolute Gasteiger partial charge is 0.476 e. The number of hydrogen-bond donors (Lipinski definition) is 2. The molecule has 0 fully saturated rings. The summed E-state index contributed by atoms with van der Waals surface area (Å²) in [6, 6.07) is 2.87. The molecule has 94 valence electrons. The number of halogens is 1. The van der Waals surface area contributed by atoms with Gasteiger partial charge in [0.1, 0.15) is 15.7 Å². The second-order valence-corrected chi connectivity index (χ2v) is 6.06. The first-order valence-electron chi connectivity index (χ1n) is 4.61. The van der Waals surface area contributed by atoms with Crippen LogP contribution in [0.1, 0.15) is 10.5 Å². The van der Waals surface area contributed by atoms with E-state index >= 15 is 0 Å². The molecule has 17 heavy (non-hydrogen) atoms. The Kier molecular flexibility index (Phi) is 4.30. The van der Waals surface area contributed by atoms with Crippen LogP contribution in [0.3, 0.4) is 0 Å². The van der Waals surface area contributed by atoms with Gasteiger partial charge in [-0.15, -0.1) is 0 Å². The fourth-order valence-electron chi connectivity index (χ4n) is 1.06. The molecule has 0 atom stereocenters. The number of anilines is 1. The maximum Gasteiger partial charge on any atom is 0.356 e. The van der Waals surface area contributed by atoms with E-state index in [1.54, 1.807) is 0 Å². The number of nitrogens with one attached hydrogen (secondary N) is 1. The number of nitrogens with zero attached hydrogens (tertiary/aromatic N) is 1. The molecule has 1 aromatic rings. The predicted octanol–water partition coefficient (Wildman–Crippen LogP) is 0.890. The van der Waals surface area contributed by atoms with E-state index in [-0.39, 0.29) is 28.8 Å². The Morgan fingerprint density at radius 2 is 2.18 bits per heavy atom. The summed E-state index contributed by atoms with van der Waals surface area (Å²) in [7, 11) is -3.06. The van der Waals surface area contributed by atoms with E-state index in [9.17, 15) is 13.2 Å². The number of carboxylic acids is 1. The monoisotopic (exact) mass is 278 g/mol. The lowest BCUT2D eigenvalue weighted by Gasteiger charge is -2.06. The van der Waals surface area contributed by atoms with Crippen LogP contribution in [-0.2, 0) is 9.84 Å². The molecule has 0 aliphatic carbocycles. The van der Waals surface area contributed by atoms with Crippen LogP contribution in [0.2, 0.25) is 5.02 Å². The zero-order valence-electron chi connectivity index (χ0n) is 8.97. The minimum atomic E-state index is -3.06. The third-order valence-corrected chi connectivity index (χ3v) is 3.08. The summed E-state index contributed by atoms with van der Waals surface area (Å²) in [6.07, 6.45) is 1.12. The Morgan fingerprint density at radius 1 is 1.53 bits per heavy atom. The minimum absolute atomic E-state index is 0.0335. The summed E-state index contributed by atoms with van der Waals surface area (Å²) in [4.78, 5) is 14.5. The molecule has 0 unspecified atom stereocenters. The Hall–Kier alpha value is -1.34. The molecule has 0 spiro atoms. The second kappa shape index (κ2) is 5.33. The van der Waals surface area contributed by atoms with Crippen molar-refractivity contribution in [2.75, 3.05) is 23.9 Å². The smallest absolute Gasteiger partial charge is 0.356 e. The SMILES string of the molecule is CS(=O)(=O)CCNc1ccc(Cl)c(C(=O)O)n1. The Labute approximate surface area is 104 Å². The summed E-state index contributed by atoms with van der Waals surface area (Å²) in [5.74, 6) is -1.02. The highest BCUT2D eigenvalue weighted by molar-refractivity contribution is 7.90. The van der Waals surface area contributed by atoms with Gasteiger partial charge >= 0.3 is 5.97 Å². The average Bonchev–Trinajstić information content (AvgIpc) is 2.18. The number of aromatic carboxylic acids is 1. The Balaban J connectivity index is 2.73. The van der Waals surface area contributed by atoms with Crippen molar-refractivity contribution in [1.29, 1.82) is 0 Å². The van der Waals surface area contributed by atoms with E-state index < -0.39 is 15.8 Å². The molecular formula is C9H11ClN2O4S. The number of carboxylic acid groups (broad SMARTS) is 1. The van der Waals surface area contributed by atoms with Crippen molar-refractivity contribution in [1.82, 2.24) is 4.98 Å². The summed E-state index contributed by atoms with van der Waals surface area (Å²) in [5, 5.41) is 11.5. The molecule has 0 aromatic carbocycles. The molecule has 1 rings (SSSR count). The highest BCUT2D eigenvalue weighted by atomic mass is 35.5. The lowest BCUT2D eigenvalue weighted by atomic mass is 10.3. The Bertz CT molecular complexity index is 530. The first-order valence-corrected chi connectivity index (χ1v) is 7.05. The van der Waals surface area contributed by atoms with E-state index in [0.717, 1.165) is 6.26 Å². The van der Waals surface area contributed by atoms with Crippen LogP contribution in [0.4, 0.5) is 5.82 Å². The zero-order chi connectivity index (χ0) is 13.1. The minimum Gasteiger partial charge on any atom is -0.476 e. The van der Waals surface area contributed by atoms with Crippen molar-refractivity contribution in [3.8, 4) is 0 Å². The van der Waals surface area contributed by atoms with Gasteiger partial charge in [0, 0.05) is 12.8 Å². The molecule has 1 aromatic heterocycles. The number of carbonyl (C=O) groups is 1. The van der Waals surface area contributed by atoms with Gasteiger partial charge < -0.3 is 10.4 Å². The number of pyridine rings is 1. The third kappa shape index (κ3) is 4.58. The van der Waals surface area contributed by atoms with E-state index in [1.807, 2.05) is 0 Å². The lowest BCUT2D eigenvalue weighted by molar-refractivity contribution is 0.0691. The number of rotatable bonds is 5. The van der Waals surface area contributed by atoms with Crippen molar-refractivity contribution >= 4 is 33.2 Å². The molecule has 0 saturated heterocycles. The Morgan fingerprint density at radius 3 is 2.71 bits per heavy atom. The van der Waals surface area contributed by atoms with Crippen LogP contribution in [-0.4, -0.2) is 43.0 Å². The van der Waals surface area contributed by atoms with Crippen LogP contribution in [0.15, 0.2) is 12.1 Å². The second-order valence-electron chi connectivity index (χ2n) is 3.39. The molecule has 0 saturated carbocycles. The summed E-state index contributed by atoms with van der Waals surface area (Å²) in [5.41, 5.74) is -0.268. The molecule has 8 heteroatoms. The summed E-state index contributed by atoms with van der Waals surface area (Å²) in [6.45, 7) is 0.159. The highest BCUT2D eigenvalue weighted by Crippen LogP contribution is 2.16. The van der Waals surface area contributed by atoms with Crippen LogP contribution in [0.25, 0.3) is 0 Å². The van der Waals surface area contributed by atoms with Gasteiger partial charge in [-0.1, -0.05) is 11.6 Å². The fraction of sp³-hybridized carbons (Fsp3) is 0.333. The van der Waals surface area contributed by atoms with Gasteiger partial charge in [0.15, 0.2) is 5.69 Å². The van der Waals surface area contributed by atoms with Gasteiger partial charge in [-0.2, -0.15) is 0 Å². The van der Waals surface area contributed by atoms with Gasteiger partial charge in [-0.05, 0) is 12.1 Å². The molecule has 0 aliphatic heterocycles. The molecule has 0 radical (unpaired) electrons. The average molecular weight is 279 g/mol. The van der Waals surface area contributed by atoms with E-state index in [0.29, 0.717) is 0 Å². The maximum atomic E-state index is 10.9. The topological polar surface area (TPSA) is 96.4 Å². The fourth-order valence-corrected chi connectivity index (χ4v) is 1.71. The van der Waals surface area contributed by atoms with Crippen LogP contribution in [0.5, 0.6) is 0 Å². The van der Waals surface area contributed by atoms with Gasteiger partial charge in [-0.3, -0.25) is 0 Å². The maximum absolute atomic E-state index is 10.9. The van der Waals surface area contributed by atoms with Gasteiger partial charge in [0.05, 0.1) is 10.8 Å². The third-order valence-electron chi connectivity index (χ3n) is 1.83. The summed E-state index contributed by atoms with van der Waals surface area (Å²) < 4.78 is 21.8. The van der Waals surface area contributed by atoms with Gasteiger partial charge in [-0.25, -0.2) is 18.2 Å². The lowest BCUT2D eigenvalue weighted by Crippen LogP contribution is -2.15. The molecular weight excluding hydrogens is 268 g/mol. The van der Waals surface area contributed by atoms with Crippen LogP contribution in [0, 0.1) is 0 Å². The van der Waals surface area contributed by atoms with E-state index in [2.05, 4.69) is 10.3 Å². The van der Waals surface area contributed by atoms with E-state index in [4.69, 9.17) is 16.7 Å². The molecule has 0 aliphatic rings. The van der Waals surface area contributed by atoms with Crippen molar-refractivity contribution in [3.63, 3.8) is 0 Å². The molecule has 2 N–H and O–H groups in total. The van der Waals surface area contributed by atoms with Crippen molar-refractivity contribution in [3.05, 3.63) is 22.8 Å². The molecule has 0 bridgehead atoms. The van der Waals surface area contributed by atoms with Gasteiger partial charge in [0.25, 0.3) is 0 Å². The first kappa shape index (κ1) is 13.7. The predicted molar refractivity (Wildman–Crippen MR) is 64.4 cm³/mol. The quantitative estimate of drug-likeness (QED) is 0.830. The van der Waals surface area contributed by atoms with Crippen molar-refractivity contribution in [2.45, 2.75) is 0 Å².